The van der Waals surface area contributed by atoms with Crippen molar-refractivity contribution < 1.29 is 0 Å². The van der Waals surface area contributed by atoms with Gasteiger partial charge < -0.3 is 15.6 Å². The Balaban J connectivity index is 0.00000261. The van der Waals surface area contributed by atoms with E-state index < -0.39 is 0 Å². The van der Waals surface area contributed by atoms with Gasteiger partial charge in [-0.1, -0.05) is 30.3 Å². The predicted octanol–water partition coefficient (Wildman–Crippen LogP) is 4.36. The van der Waals surface area contributed by atoms with E-state index in [1.54, 1.807) is 7.05 Å². The predicted molar refractivity (Wildman–Crippen MR) is 125 cm³/mol. The van der Waals surface area contributed by atoms with Crippen LogP contribution in [0.2, 0.25) is 0 Å². The van der Waals surface area contributed by atoms with Crippen molar-refractivity contribution in [3.05, 3.63) is 64.2 Å². The summed E-state index contributed by atoms with van der Waals surface area (Å²) in [6, 6.07) is 14.9. The van der Waals surface area contributed by atoms with E-state index in [4.69, 9.17) is 0 Å². The van der Waals surface area contributed by atoms with Gasteiger partial charge in [0.15, 0.2) is 5.96 Å². The Hall–Kier alpha value is -1.87. The monoisotopic (exact) mass is 495 g/mol. The molecule has 3 rings (SSSR count). The number of guanidine groups is 1. The van der Waals surface area contributed by atoms with Crippen LogP contribution in [-0.2, 0) is 13.0 Å². The first-order valence-corrected chi connectivity index (χ1v) is 9.57. The molecule has 1 unspecified atom stereocenters. The smallest absolute Gasteiger partial charge is 0.191 e. The van der Waals surface area contributed by atoms with Crippen molar-refractivity contribution in [2.24, 2.45) is 4.99 Å². The van der Waals surface area contributed by atoms with Gasteiger partial charge in [0.1, 0.15) is 5.82 Å². The Bertz CT molecular complexity index is 856. The van der Waals surface area contributed by atoms with Crippen LogP contribution in [0.25, 0.3) is 11.3 Å². The SMILES string of the molecule is CN=C(NCc1ncc(-c2ccccc2)[nH]1)NC(C)Cc1ccc(C)s1.I. The van der Waals surface area contributed by atoms with Crippen LogP contribution < -0.4 is 10.6 Å². The lowest BCUT2D eigenvalue weighted by Crippen LogP contribution is -2.42. The molecule has 2 heterocycles. The summed E-state index contributed by atoms with van der Waals surface area (Å²) in [7, 11) is 1.79. The van der Waals surface area contributed by atoms with Crippen LogP contribution in [0, 0.1) is 6.92 Å². The fourth-order valence-corrected chi connectivity index (χ4v) is 3.78. The van der Waals surface area contributed by atoms with E-state index in [0.29, 0.717) is 12.6 Å². The summed E-state index contributed by atoms with van der Waals surface area (Å²) in [6.45, 7) is 4.90. The minimum absolute atomic E-state index is 0. The maximum absolute atomic E-state index is 4.45. The topological polar surface area (TPSA) is 65.1 Å². The number of thiophene rings is 1. The number of rotatable bonds is 6. The second-order valence-electron chi connectivity index (χ2n) is 6.30. The van der Waals surface area contributed by atoms with Crippen LogP contribution in [0.1, 0.15) is 22.5 Å². The van der Waals surface area contributed by atoms with Crippen molar-refractivity contribution in [3.8, 4) is 11.3 Å². The Labute approximate surface area is 181 Å². The maximum atomic E-state index is 4.45. The first kappa shape index (κ1) is 21.4. The van der Waals surface area contributed by atoms with Crippen molar-refractivity contribution >= 4 is 41.3 Å². The van der Waals surface area contributed by atoms with E-state index in [0.717, 1.165) is 29.5 Å². The number of aromatic amines is 1. The molecule has 7 heteroatoms. The number of hydrogen-bond donors (Lipinski definition) is 3. The molecule has 0 amide bonds. The highest BCUT2D eigenvalue weighted by Crippen LogP contribution is 2.17. The highest BCUT2D eigenvalue weighted by molar-refractivity contribution is 14.0. The molecule has 27 heavy (non-hydrogen) atoms. The molecule has 3 N–H and O–H groups in total. The lowest BCUT2D eigenvalue weighted by atomic mass is 10.2. The second kappa shape index (κ2) is 10.5. The van der Waals surface area contributed by atoms with Crippen LogP contribution in [0.4, 0.5) is 0 Å². The van der Waals surface area contributed by atoms with E-state index >= 15 is 0 Å². The molecular formula is C20H26IN5S. The lowest BCUT2D eigenvalue weighted by molar-refractivity contribution is 0.642. The van der Waals surface area contributed by atoms with E-state index in [9.17, 15) is 0 Å². The summed E-state index contributed by atoms with van der Waals surface area (Å²) in [5, 5.41) is 6.76. The maximum Gasteiger partial charge on any atom is 0.191 e. The van der Waals surface area contributed by atoms with Gasteiger partial charge >= 0.3 is 0 Å². The second-order valence-corrected chi connectivity index (χ2v) is 7.67. The van der Waals surface area contributed by atoms with E-state index in [-0.39, 0.29) is 24.0 Å². The zero-order valence-electron chi connectivity index (χ0n) is 15.8. The third kappa shape index (κ3) is 6.35. The first-order chi connectivity index (χ1) is 12.6. The number of aliphatic imine (C=N–C) groups is 1. The molecule has 0 fully saturated rings. The molecule has 0 saturated heterocycles. The summed E-state index contributed by atoms with van der Waals surface area (Å²) in [5.74, 6) is 1.66. The number of aryl methyl sites for hydroxylation is 1. The summed E-state index contributed by atoms with van der Waals surface area (Å²) >= 11 is 1.85. The fraction of sp³-hybridized carbons (Fsp3) is 0.300. The molecular weight excluding hydrogens is 469 g/mol. The van der Waals surface area contributed by atoms with Gasteiger partial charge in [-0.3, -0.25) is 4.99 Å². The molecule has 0 spiro atoms. The molecule has 0 aliphatic heterocycles. The number of H-pyrrole nitrogens is 1. The van der Waals surface area contributed by atoms with Gasteiger partial charge in [-0.2, -0.15) is 0 Å². The quantitative estimate of drug-likeness (QED) is 0.271. The molecule has 0 saturated carbocycles. The summed E-state index contributed by atoms with van der Waals surface area (Å²) in [4.78, 5) is 14.8. The van der Waals surface area contributed by atoms with Gasteiger partial charge in [0.05, 0.1) is 18.4 Å². The van der Waals surface area contributed by atoms with Gasteiger partial charge in [-0.15, -0.1) is 35.3 Å². The van der Waals surface area contributed by atoms with Gasteiger partial charge in [0.2, 0.25) is 0 Å². The van der Waals surface area contributed by atoms with Crippen LogP contribution in [0.5, 0.6) is 0 Å². The Morgan fingerprint density at radius 2 is 2.00 bits per heavy atom. The van der Waals surface area contributed by atoms with Crippen molar-refractivity contribution in [1.82, 2.24) is 20.6 Å². The number of hydrogen-bond acceptors (Lipinski definition) is 3. The molecule has 0 aliphatic carbocycles. The van der Waals surface area contributed by atoms with Crippen molar-refractivity contribution in [2.45, 2.75) is 32.9 Å². The molecule has 1 aromatic carbocycles. The first-order valence-electron chi connectivity index (χ1n) is 8.76. The number of imidazole rings is 1. The number of nitrogens with one attached hydrogen (secondary N) is 3. The fourth-order valence-electron chi connectivity index (χ4n) is 2.76. The normalized spacial score (nSPS) is 12.3. The van der Waals surface area contributed by atoms with Crippen LogP contribution in [0.15, 0.2) is 53.7 Å². The number of halogens is 1. The van der Waals surface area contributed by atoms with Crippen molar-refractivity contribution in [3.63, 3.8) is 0 Å². The molecule has 3 aromatic rings. The summed E-state index contributed by atoms with van der Waals surface area (Å²) < 4.78 is 0. The van der Waals surface area contributed by atoms with Crippen molar-refractivity contribution in [2.75, 3.05) is 7.05 Å². The summed E-state index contributed by atoms with van der Waals surface area (Å²) in [5.41, 5.74) is 2.15. The van der Waals surface area contributed by atoms with E-state index in [2.05, 4.69) is 63.7 Å². The molecule has 2 aromatic heterocycles. The highest BCUT2D eigenvalue weighted by Gasteiger charge is 2.09. The molecule has 1 atom stereocenters. The number of aromatic nitrogens is 2. The minimum Gasteiger partial charge on any atom is -0.354 e. The number of benzene rings is 1. The molecule has 0 radical (unpaired) electrons. The average molecular weight is 495 g/mol. The van der Waals surface area contributed by atoms with Gasteiger partial charge in [-0.25, -0.2) is 4.98 Å². The average Bonchev–Trinajstić information content (AvgIpc) is 3.28. The third-order valence-corrected chi connectivity index (χ3v) is 5.07. The summed E-state index contributed by atoms with van der Waals surface area (Å²) in [6.07, 6.45) is 2.85. The number of nitrogens with zero attached hydrogens (tertiary/aromatic N) is 2. The minimum atomic E-state index is 0. The standard InChI is InChI=1S/C20H25N5S.HI/c1-14(11-17-10-9-15(2)26-17)24-20(21-3)23-13-19-22-12-18(25-19)16-7-5-4-6-8-16;/h4-10,12,14H,11,13H2,1-3H3,(H,22,25)(H2,21,23,24);1H. The largest absolute Gasteiger partial charge is 0.354 e. The molecule has 0 aliphatic rings. The molecule has 144 valence electrons. The Morgan fingerprint density at radius 3 is 2.67 bits per heavy atom. The Kier molecular flexibility index (Phi) is 8.30. The zero-order valence-corrected chi connectivity index (χ0v) is 19.0. The third-order valence-electron chi connectivity index (χ3n) is 4.05. The molecule has 5 nitrogen and oxygen atoms in total. The lowest BCUT2D eigenvalue weighted by Gasteiger charge is -2.17. The Morgan fingerprint density at radius 1 is 1.22 bits per heavy atom. The van der Waals surface area contributed by atoms with Crippen LogP contribution in [-0.4, -0.2) is 29.0 Å². The van der Waals surface area contributed by atoms with Gasteiger partial charge in [0.25, 0.3) is 0 Å². The zero-order chi connectivity index (χ0) is 18.4. The van der Waals surface area contributed by atoms with Crippen LogP contribution >= 0.6 is 35.3 Å². The van der Waals surface area contributed by atoms with E-state index in [1.807, 2.05) is 35.7 Å². The van der Waals surface area contributed by atoms with E-state index in [1.165, 1.54) is 9.75 Å². The molecule has 0 bridgehead atoms. The van der Waals surface area contributed by atoms with Gasteiger partial charge in [0, 0.05) is 29.3 Å². The van der Waals surface area contributed by atoms with Crippen molar-refractivity contribution in [1.29, 1.82) is 0 Å². The van der Waals surface area contributed by atoms with Crippen LogP contribution in [0.3, 0.4) is 0 Å². The van der Waals surface area contributed by atoms with Gasteiger partial charge in [-0.05, 0) is 31.5 Å². The highest BCUT2D eigenvalue weighted by atomic mass is 127.